The van der Waals surface area contributed by atoms with Crippen LogP contribution in [0.2, 0.25) is 0 Å². The minimum absolute atomic E-state index is 0.103. The lowest BCUT2D eigenvalue weighted by atomic mass is 10.1. The Labute approximate surface area is 174 Å². The van der Waals surface area contributed by atoms with Crippen LogP contribution in [0.15, 0.2) is 41.8 Å². The van der Waals surface area contributed by atoms with Crippen LogP contribution in [-0.4, -0.2) is 18.0 Å². The Morgan fingerprint density at radius 1 is 1.24 bits per heavy atom. The van der Waals surface area contributed by atoms with Crippen LogP contribution in [0.1, 0.15) is 29.3 Å². The summed E-state index contributed by atoms with van der Waals surface area (Å²) in [4.78, 5) is 18.6. The Kier molecular flexibility index (Phi) is 6.15. The van der Waals surface area contributed by atoms with Gasteiger partial charge in [0.05, 0.1) is 30.1 Å². The molecule has 0 unspecified atom stereocenters. The second-order valence-corrected chi connectivity index (χ2v) is 7.30. The van der Waals surface area contributed by atoms with Gasteiger partial charge in [-0.1, -0.05) is 12.1 Å². The molecule has 0 aliphatic heterocycles. The predicted molar refractivity (Wildman–Crippen MR) is 113 cm³/mol. The first-order valence-electron chi connectivity index (χ1n) is 8.97. The highest BCUT2D eigenvalue weighted by atomic mass is 32.1. The molecule has 0 aliphatic rings. The molecule has 148 valence electrons. The summed E-state index contributed by atoms with van der Waals surface area (Å²) in [6.07, 6.45) is 0. The Balaban J connectivity index is 1.82. The zero-order chi connectivity index (χ0) is 21.0. The summed E-state index contributed by atoms with van der Waals surface area (Å²) < 4.78 is 11.1. The average Bonchev–Trinajstić information content (AvgIpc) is 3.17. The van der Waals surface area contributed by atoms with Crippen molar-refractivity contribution in [3.63, 3.8) is 0 Å². The molecule has 29 heavy (non-hydrogen) atoms. The number of thiazole rings is 1. The lowest BCUT2D eigenvalue weighted by Gasteiger charge is -2.21. The average molecular weight is 407 g/mol. The molecular formula is C22H21N3O3S. The number of aryl methyl sites for hydroxylation is 1. The first kappa shape index (κ1) is 20.4. The van der Waals surface area contributed by atoms with E-state index in [-0.39, 0.29) is 12.5 Å². The molecule has 0 saturated heterocycles. The molecule has 0 fully saturated rings. The molecule has 0 spiro atoms. The number of aromatic nitrogens is 1. The molecule has 0 N–H and O–H groups in total. The van der Waals surface area contributed by atoms with Crippen LogP contribution in [-0.2, 0) is 11.4 Å². The first-order chi connectivity index (χ1) is 13.9. The van der Waals surface area contributed by atoms with Crippen molar-refractivity contribution in [1.29, 1.82) is 5.26 Å². The topological polar surface area (TPSA) is 75.5 Å². The first-order valence-corrected chi connectivity index (χ1v) is 9.84. The van der Waals surface area contributed by atoms with Crippen molar-refractivity contribution >= 4 is 28.1 Å². The summed E-state index contributed by atoms with van der Waals surface area (Å²) in [5, 5.41) is 11.5. The lowest BCUT2D eigenvalue weighted by Crippen LogP contribution is -2.23. The molecule has 0 saturated carbocycles. The van der Waals surface area contributed by atoms with Gasteiger partial charge in [-0.25, -0.2) is 4.98 Å². The van der Waals surface area contributed by atoms with Crippen molar-refractivity contribution in [1.82, 2.24) is 4.98 Å². The molecular weight excluding hydrogens is 386 g/mol. The van der Waals surface area contributed by atoms with E-state index >= 15 is 0 Å². The van der Waals surface area contributed by atoms with Crippen LogP contribution < -0.4 is 14.4 Å². The molecule has 1 heterocycles. The van der Waals surface area contributed by atoms with Crippen molar-refractivity contribution in [2.45, 2.75) is 27.4 Å². The molecule has 6 nitrogen and oxygen atoms in total. The number of ether oxygens (including phenoxy) is 2. The Morgan fingerprint density at radius 2 is 2.03 bits per heavy atom. The third-order valence-corrected chi connectivity index (χ3v) is 5.41. The van der Waals surface area contributed by atoms with Crippen LogP contribution in [0.4, 0.5) is 10.8 Å². The van der Waals surface area contributed by atoms with Crippen LogP contribution in [0.5, 0.6) is 11.5 Å². The largest absolute Gasteiger partial charge is 0.493 e. The number of hydrogen-bond acceptors (Lipinski definition) is 6. The van der Waals surface area contributed by atoms with Crippen LogP contribution in [0.25, 0.3) is 0 Å². The second-order valence-electron chi connectivity index (χ2n) is 6.46. The minimum Gasteiger partial charge on any atom is -0.493 e. The van der Waals surface area contributed by atoms with Gasteiger partial charge in [0.2, 0.25) is 5.91 Å². The van der Waals surface area contributed by atoms with E-state index in [1.807, 2.05) is 37.4 Å². The van der Waals surface area contributed by atoms with E-state index in [1.54, 1.807) is 23.1 Å². The standard InChI is InChI=1S/C22H21N3O3S/c1-14-6-5-7-19(15(14)2)25(16(3)26)22-24-18(13-29-22)12-28-20-9-8-17(11-23)10-21(20)27-4/h5-10,13H,12H2,1-4H3. The fourth-order valence-electron chi connectivity index (χ4n) is 2.86. The maximum atomic E-state index is 12.4. The molecule has 0 radical (unpaired) electrons. The summed E-state index contributed by atoms with van der Waals surface area (Å²) in [6.45, 7) is 5.76. The summed E-state index contributed by atoms with van der Waals surface area (Å²) in [5.41, 5.74) is 4.18. The number of amides is 1. The maximum absolute atomic E-state index is 12.4. The fourth-order valence-corrected chi connectivity index (χ4v) is 3.72. The van der Waals surface area contributed by atoms with E-state index in [9.17, 15) is 4.79 Å². The molecule has 3 rings (SSSR count). The van der Waals surface area contributed by atoms with Crippen molar-refractivity contribution in [2.75, 3.05) is 12.0 Å². The van der Waals surface area contributed by atoms with E-state index in [0.717, 1.165) is 16.8 Å². The Hall–Kier alpha value is -3.37. The predicted octanol–water partition coefficient (Wildman–Crippen LogP) is 4.90. The smallest absolute Gasteiger partial charge is 0.230 e. The molecule has 7 heteroatoms. The molecule has 2 aromatic carbocycles. The van der Waals surface area contributed by atoms with Crippen LogP contribution in [0.3, 0.4) is 0 Å². The molecule has 1 aromatic heterocycles. The van der Waals surface area contributed by atoms with Gasteiger partial charge in [-0.2, -0.15) is 5.26 Å². The van der Waals surface area contributed by atoms with Gasteiger partial charge < -0.3 is 9.47 Å². The third-order valence-electron chi connectivity index (χ3n) is 4.53. The second kappa shape index (κ2) is 8.76. The van der Waals surface area contributed by atoms with Gasteiger partial charge in [-0.15, -0.1) is 11.3 Å². The van der Waals surface area contributed by atoms with E-state index in [1.165, 1.54) is 25.4 Å². The van der Waals surface area contributed by atoms with Crippen LogP contribution in [0, 0.1) is 25.2 Å². The molecule has 0 bridgehead atoms. The van der Waals surface area contributed by atoms with Crippen molar-refractivity contribution in [3.05, 3.63) is 64.2 Å². The maximum Gasteiger partial charge on any atom is 0.230 e. The molecule has 0 aliphatic carbocycles. The number of benzene rings is 2. The number of nitriles is 1. The van der Waals surface area contributed by atoms with Gasteiger partial charge in [0.25, 0.3) is 0 Å². The number of methoxy groups -OCH3 is 1. The summed E-state index contributed by atoms with van der Waals surface area (Å²) in [7, 11) is 1.53. The number of carbonyl (C=O) groups is 1. The lowest BCUT2D eigenvalue weighted by molar-refractivity contribution is -0.115. The van der Waals surface area contributed by atoms with Gasteiger partial charge in [0.15, 0.2) is 16.6 Å². The van der Waals surface area contributed by atoms with E-state index in [4.69, 9.17) is 14.7 Å². The van der Waals surface area contributed by atoms with E-state index in [0.29, 0.717) is 27.9 Å². The Morgan fingerprint density at radius 3 is 2.72 bits per heavy atom. The van der Waals surface area contributed by atoms with Crippen LogP contribution >= 0.6 is 11.3 Å². The van der Waals surface area contributed by atoms with Gasteiger partial charge in [0.1, 0.15) is 6.61 Å². The van der Waals surface area contributed by atoms with Gasteiger partial charge in [-0.05, 0) is 43.2 Å². The summed E-state index contributed by atoms with van der Waals surface area (Å²) in [6, 6.07) is 12.9. The van der Waals surface area contributed by atoms with Gasteiger partial charge >= 0.3 is 0 Å². The molecule has 1 amide bonds. The zero-order valence-electron chi connectivity index (χ0n) is 16.7. The van der Waals surface area contributed by atoms with Gasteiger partial charge in [0, 0.05) is 18.4 Å². The van der Waals surface area contributed by atoms with E-state index in [2.05, 4.69) is 11.1 Å². The number of anilines is 2. The third kappa shape index (κ3) is 4.39. The molecule has 3 aromatic rings. The van der Waals surface area contributed by atoms with E-state index < -0.39 is 0 Å². The highest BCUT2D eigenvalue weighted by Crippen LogP contribution is 2.33. The van der Waals surface area contributed by atoms with Crippen molar-refractivity contribution in [2.24, 2.45) is 0 Å². The Bertz CT molecular complexity index is 1090. The highest BCUT2D eigenvalue weighted by Gasteiger charge is 2.20. The number of hydrogen-bond donors (Lipinski definition) is 0. The minimum atomic E-state index is -0.103. The SMILES string of the molecule is COc1cc(C#N)ccc1OCc1csc(N(C(C)=O)c2cccc(C)c2C)n1. The quantitative estimate of drug-likeness (QED) is 0.581. The zero-order valence-corrected chi connectivity index (χ0v) is 17.5. The number of carbonyl (C=O) groups excluding carboxylic acids is 1. The highest BCUT2D eigenvalue weighted by molar-refractivity contribution is 7.14. The summed E-state index contributed by atoms with van der Waals surface area (Å²) in [5.74, 6) is 0.911. The summed E-state index contributed by atoms with van der Waals surface area (Å²) >= 11 is 1.39. The monoisotopic (exact) mass is 407 g/mol. The fraction of sp³-hybridized carbons (Fsp3) is 0.227. The van der Waals surface area contributed by atoms with Crippen molar-refractivity contribution < 1.29 is 14.3 Å². The number of rotatable bonds is 6. The van der Waals surface area contributed by atoms with Crippen molar-refractivity contribution in [3.8, 4) is 17.6 Å². The molecule has 0 atom stereocenters. The normalized spacial score (nSPS) is 10.3. The number of nitrogens with zero attached hydrogens (tertiary/aromatic N) is 3. The van der Waals surface area contributed by atoms with Gasteiger partial charge in [-0.3, -0.25) is 9.69 Å².